The Labute approximate surface area is 144 Å². The van der Waals surface area contributed by atoms with Crippen molar-refractivity contribution in [3.8, 4) is 0 Å². The molecule has 2 spiro atoms. The molecule has 4 rings (SSSR count). The zero-order chi connectivity index (χ0) is 17.7. The molecule has 3 fully saturated rings. The maximum atomic E-state index is 12.5. The normalized spacial score (nSPS) is 27.6. The van der Waals surface area contributed by atoms with E-state index in [9.17, 15) is 14.4 Å². The Morgan fingerprint density at radius 1 is 1.12 bits per heavy atom. The fraction of sp³-hybridized carbons (Fsp3) is 0.706. The largest absolute Gasteiger partial charge is 0.347 e. The molecule has 1 aromatic heterocycles. The smallest absolute Gasteiger partial charge is 0.329 e. The van der Waals surface area contributed by atoms with Gasteiger partial charge in [0.1, 0.15) is 6.04 Å². The van der Waals surface area contributed by atoms with Gasteiger partial charge in [0.05, 0.1) is 18.8 Å². The van der Waals surface area contributed by atoms with Gasteiger partial charge in [-0.05, 0) is 19.8 Å². The second kappa shape index (κ2) is 5.81. The Balaban J connectivity index is 1.54. The van der Waals surface area contributed by atoms with E-state index in [1.54, 1.807) is 6.92 Å². The predicted octanol–water partition coefficient (Wildman–Crippen LogP) is 0.352. The van der Waals surface area contributed by atoms with Gasteiger partial charge in [0.25, 0.3) is 5.56 Å². The van der Waals surface area contributed by atoms with Crippen LogP contribution in [0.25, 0.3) is 0 Å². The SMILES string of the molecule is Cc1cn([C@H]2CC3(COC4(CCCCC4)OC3)NC2=O)c(=O)[nH]c1=O. The van der Waals surface area contributed by atoms with Gasteiger partial charge in [-0.3, -0.25) is 19.1 Å². The van der Waals surface area contributed by atoms with E-state index in [1.165, 1.54) is 17.2 Å². The second-order valence-corrected chi connectivity index (χ2v) is 7.52. The fourth-order valence-corrected chi connectivity index (χ4v) is 4.09. The molecule has 2 saturated heterocycles. The molecule has 3 heterocycles. The highest BCUT2D eigenvalue weighted by atomic mass is 16.7. The van der Waals surface area contributed by atoms with Gasteiger partial charge >= 0.3 is 5.69 Å². The molecule has 0 aromatic carbocycles. The van der Waals surface area contributed by atoms with E-state index in [0.717, 1.165) is 25.7 Å². The summed E-state index contributed by atoms with van der Waals surface area (Å²) in [6.45, 7) is 2.37. The highest BCUT2D eigenvalue weighted by molar-refractivity contribution is 5.84. The van der Waals surface area contributed by atoms with Crippen molar-refractivity contribution >= 4 is 5.91 Å². The van der Waals surface area contributed by atoms with Crippen LogP contribution < -0.4 is 16.6 Å². The van der Waals surface area contributed by atoms with E-state index in [1.807, 2.05) is 0 Å². The minimum Gasteiger partial charge on any atom is -0.347 e. The van der Waals surface area contributed by atoms with Gasteiger partial charge in [-0.25, -0.2) is 4.79 Å². The average molecular weight is 349 g/mol. The molecule has 1 aromatic rings. The number of carbonyl (C=O) groups is 1. The van der Waals surface area contributed by atoms with Gasteiger partial charge < -0.3 is 14.8 Å². The summed E-state index contributed by atoms with van der Waals surface area (Å²) in [7, 11) is 0. The number of nitrogens with one attached hydrogen (secondary N) is 2. The number of nitrogens with zero attached hydrogens (tertiary/aromatic N) is 1. The van der Waals surface area contributed by atoms with E-state index < -0.39 is 28.6 Å². The fourth-order valence-electron chi connectivity index (χ4n) is 4.09. The highest BCUT2D eigenvalue weighted by Crippen LogP contribution is 2.40. The summed E-state index contributed by atoms with van der Waals surface area (Å²) in [5.41, 5.74) is -1.23. The molecule has 1 atom stereocenters. The van der Waals surface area contributed by atoms with E-state index in [2.05, 4.69) is 10.3 Å². The topological polar surface area (TPSA) is 102 Å². The monoisotopic (exact) mass is 349 g/mol. The summed E-state index contributed by atoms with van der Waals surface area (Å²) in [6.07, 6.45) is 7.00. The number of amides is 1. The first-order valence-electron chi connectivity index (χ1n) is 8.84. The minimum atomic E-state index is -0.671. The van der Waals surface area contributed by atoms with E-state index in [0.29, 0.717) is 25.2 Å². The Morgan fingerprint density at radius 2 is 1.80 bits per heavy atom. The minimum absolute atomic E-state index is 0.250. The third-order valence-electron chi connectivity index (χ3n) is 5.60. The van der Waals surface area contributed by atoms with Crippen LogP contribution in [-0.4, -0.2) is 40.0 Å². The predicted molar refractivity (Wildman–Crippen MR) is 88.3 cm³/mol. The van der Waals surface area contributed by atoms with Gasteiger partial charge in [0.15, 0.2) is 5.79 Å². The lowest BCUT2D eigenvalue weighted by molar-refractivity contribution is -0.301. The third kappa shape index (κ3) is 2.83. The van der Waals surface area contributed by atoms with Crippen LogP contribution in [0.4, 0.5) is 0 Å². The van der Waals surface area contributed by atoms with Crippen LogP contribution in [0.2, 0.25) is 0 Å². The molecule has 1 amide bonds. The standard InChI is InChI=1S/C17H23N3O5/c1-11-8-20(15(23)18-13(11)21)12-7-16(19-14(12)22)9-24-17(25-10-16)5-3-2-4-6-17/h8,12H,2-7,9-10H2,1H3,(H,19,22)(H,18,21,23)/t12-/m0/s1. The summed E-state index contributed by atoms with van der Waals surface area (Å²) in [5, 5.41) is 2.96. The molecule has 2 aliphatic heterocycles. The zero-order valence-electron chi connectivity index (χ0n) is 14.3. The van der Waals surface area contributed by atoms with Gasteiger partial charge in [-0.2, -0.15) is 0 Å². The van der Waals surface area contributed by atoms with Crippen molar-refractivity contribution in [3.05, 3.63) is 32.6 Å². The molecule has 8 nitrogen and oxygen atoms in total. The number of H-pyrrole nitrogens is 1. The molecule has 0 unspecified atom stereocenters. The van der Waals surface area contributed by atoms with Crippen molar-refractivity contribution in [3.63, 3.8) is 0 Å². The van der Waals surface area contributed by atoms with E-state index in [-0.39, 0.29) is 5.91 Å². The Kier molecular flexibility index (Phi) is 3.84. The summed E-state index contributed by atoms with van der Waals surface area (Å²) in [4.78, 5) is 38.4. The molecule has 0 bridgehead atoms. The first kappa shape index (κ1) is 16.5. The number of aromatic nitrogens is 2. The van der Waals surface area contributed by atoms with Crippen molar-refractivity contribution in [2.45, 2.75) is 62.8 Å². The molecular weight excluding hydrogens is 326 g/mol. The van der Waals surface area contributed by atoms with Crippen molar-refractivity contribution in [1.82, 2.24) is 14.9 Å². The maximum Gasteiger partial charge on any atom is 0.329 e. The number of ether oxygens (including phenoxy) is 2. The molecule has 2 N–H and O–H groups in total. The molecule has 3 aliphatic rings. The summed E-state index contributed by atoms with van der Waals surface area (Å²) in [5.74, 6) is -0.752. The molecule has 136 valence electrons. The highest BCUT2D eigenvalue weighted by Gasteiger charge is 2.52. The Hall–Kier alpha value is -1.93. The Bertz CT molecular complexity index is 795. The molecule has 1 saturated carbocycles. The third-order valence-corrected chi connectivity index (χ3v) is 5.60. The summed E-state index contributed by atoms with van der Waals surface area (Å²) >= 11 is 0. The van der Waals surface area contributed by atoms with Crippen molar-refractivity contribution in [2.24, 2.45) is 0 Å². The van der Waals surface area contributed by atoms with Crippen LogP contribution in [0, 0.1) is 6.92 Å². The number of carbonyl (C=O) groups excluding carboxylic acids is 1. The van der Waals surface area contributed by atoms with Crippen LogP contribution >= 0.6 is 0 Å². The van der Waals surface area contributed by atoms with Crippen molar-refractivity contribution in [1.29, 1.82) is 0 Å². The molecule has 8 heteroatoms. The van der Waals surface area contributed by atoms with Crippen LogP contribution in [0.1, 0.15) is 50.1 Å². The molecule has 0 radical (unpaired) electrons. The van der Waals surface area contributed by atoms with Crippen LogP contribution in [0.5, 0.6) is 0 Å². The number of rotatable bonds is 1. The van der Waals surface area contributed by atoms with Crippen LogP contribution in [0.15, 0.2) is 15.8 Å². The zero-order valence-corrected chi connectivity index (χ0v) is 14.3. The quantitative estimate of drug-likeness (QED) is 0.762. The lowest BCUT2D eigenvalue weighted by Gasteiger charge is -2.46. The van der Waals surface area contributed by atoms with Crippen LogP contribution in [0.3, 0.4) is 0 Å². The number of aryl methyl sites for hydroxylation is 1. The molecular formula is C17H23N3O5. The number of aromatic amines is 1. The lowest BCUT2D eigenvalue weighted by Crippen LogP contribution is -2.59. The second-order valence-electron chi connectivity index (χ2n) is 7.52. The summed E-state index contributed by atoms with van der Waals surface area (Å²) in [6, 6.07) is -0.671. The van der Waals surface area contributed by atoms with Crippen molar-refractivity contribution in [2.75, 3.05) is 13.2 Å². The molecule has 25 heavy (non-hydrogen) atoms. The number of hydrogen-bond acceptors (Lipinski definition) is 5. The van der Waals surface area contributed by atoms with Crippen LogP contribution in [-0.2, 0) is 14.3 Å². The van der Waals surface area contributed by atoms with Gasteiger partial charge in [0, 0.05) is 31.0 Å². The van der Waals surface area contributed by atoms with E-state index in [4.69, 9.17) is 9.47 Å². The average Bonchev–Trinajstić information content (AvgIpc) is 2.92. The van der Waals surface area contributed by atoms with Gasteiger partial charge in [-0.15, -0.1) is 0 Å². The first-order chi connectivity index (χ1) is 11.9. The van der Waals surface area contributed by atoms with Gasteiger partial charge in [0.2, 0.25) is 5.91 Å². The first-order valence-corrected chi connectivity index (χ1v) is 8.84. The lowest BCUT2D eigenvalue weighted by atomic mass is 9.90. The Morgan fingerprint density at radius 3 is 2.48 bits per heavy atom. The maximum absolute atomic E-state index is 12.5. The van der Waals surface area contributed by atoms with E-state index >= 15 is 0 Å². The van der Waals surface area contributed by atoms with Gasteiger partial charge in [-0.1, -0.05) is 6.42 Å². The molecule has 1 aliphatic carbocycles. The number of hydrogen-bond donors (Lipinski definition) is 2. The van der Waals surface area contributed by atoms with Crippen molar-refractivity contribution < 1.29 is 14.3 Å². The summed E-state index contributed by atoms with van der Waals surface area (Å²) < 4.78 is 13.4.